The largest absolute Gasteiger partial charge is 0.376 e. The SMILES string of the molecule is C=C1C2=C3N(CC4COCCO4)C(N)=N[C@]34c3cc(C#N)ccc3C[C@]4(C2)C[C@@H]1C. The van der Waals surface area contributed by atoms with Crippen molar-refractivity contribution < 1.29 is 9.47 Å². The van der Waals surface area contributed by atoms with E-state index in [1.165, 1.54) is 22.4 Å². The standard InChI is InChI=1S/C24H26N4O2/c1-14-8-23-9-17-4-3-16(11-25)7-20(17)24(23)21(19(10-23)15(14)2)28(22(26)27-24)12-18-13-29-5-6-30-18/h3-4,7,14,18H,2,5-6,8-10,12-13H2,1H3,(H2,26,27)/t14-,18?,23-,24+/m0/s1. The first kappa shape index (κ1) is 18.2. The molecular formula is C24H26N4O2. The van der Waals surface area contributed by atoms with Crippen LogP contribution >= 0.6 is 0 Å². The van der Waals surface area contributed by atoms with E-state index >= 15 is 0 Å². The highest BCUT2D eigenvalue weighted by atomic mass is 16.6. The smallest absolute Gasteiger partial charge is 0.197 e. The Morgan fingerprint density at radius 3 is 3.00 bits per heavy atom. The topological polar surface area (TPSA) is 83.9 Å². The van der Waals surface area contributed by atoms with Gasteiger partial charge in [0, 0.05) is 5.41 Å². The van der Waals surface area contributed by atoms with Crippen molar-refractivity contribution in [3.05, 3.63) is 58.3 Å². The van der Waals surface area contributed by atoms with E-state index in [4.69, 9.17) is 20.2 Å². The van der Waals surface area contributed by atoms with Crippen molar-refractivity contribution >= 4 is 5.96 Å². The number of hydrogen-bond donors (Lipinski definition) is 1. The summed E-state index contributed by atoms with van der Waals surface area (Å²) in [6, 6.07) is 8.40. The Morgan fingerprint density at radius 2 is 2.23 bits per heavy atom. The minimum atomic E-state index is -0.516. The van der Waals surface area contributed by atoms with Crippen molar-refractivity contribution in [1.29, 1.82) is 5.26 Å². The van der Waals surface area contributed by atoms with Gasteiger partial charge in [0.25, 0.3) is 0 Å². The summed E-state index contributed by atoms with van der Waals surface area (Å²) in [7, 11) is 0. The summed E-state index contributed by atoms with van der Waals surface area (Å²) in [6.45, 7) is 9.18. The summed E-state index contributed by atoms with van der Waals surface area (Å²) in [6.07, 6.45) is 2.93. The number of rotatable bonds is 2. The number of aliphatic imine (C=N–C) groups is 1. The highest BCUT2D eigenvalue weighted by molar-refractivity contribution is 5.87. The first-order valence-electron chi connectivity index (χ1n) is 10.8. The molecule has 6 nitrogen and oxygen atoms in total. The zero-order chi connectivity index (χ0) is 20.7. The lowest BCUT2D eigenvalue weighted by molar-refractivity contribution is -0.0915. The lowest BCUT2D eigenvalue weighted by Gasteiger charge is -2.41. The number of ether oxygens (including phenoxy) is 2. The Labute approximate surface area is 176 Å². The Morgan fingerprint density at radius 1 is 1.37 bits per heavy atom. The third-order valence-electron chi connectivity index (χ3n) is 7.85. The molecule has 1 aromatic carbocycles. The number of guanidine groups is 1. The molecule has 2 bridgehead atoms. The molecule has 4 atom stereocenters. The van der Waals surface area contributed by atoms with E-state index in [0.717, 1.165) is 24.8 Å². The maximum Gasteiger partial charge on any atom is 0.197 e. The molecule has 3 aliphatic carbocycles. The van der Waals surface area contributed by atoms with Crippen molar-refractivity contribution in [3.63, 3.8) is 0 Å². The van der Waals surface area contributed by atoms with Gasteiger partial charge in [-0.05, 0) is 59.6 Å². The van der Waals surface area contributed by atoms with Gasteiger partial charge in [-0.25, -0.2) is 4.99 Å². The van der Waals surface area contributed by atoms with Gasteiger partial charge in [-0.3, -0.25) is 0 Å². The van der Waals surface area contributed by atoms with E-state index in [9.17, 15) is 5.26 Å². The highest BCUT2D eigenvalue weighted by Gasteiger charge is 2.70. The molecule has 0 amide bonds. The number of nitrogens with zero attached hydrogens (tertiary/aromatic N) is 3. The van der Waals surface area contributed by atoms with E-state index in [1.54, 1.807) is 0 Å². The molecule has 6 rings (SSSR count). The van der Waals surface area contributed by atoms with Crippen LogP contribution in [0.5, 0.6) is 0 Å². The maximum atomic E-state index is 9.56. The van der Waals surface area contributed by atoms with Gasteiger partial charge < -0.3 is 20.1 Å². The van der Waals surface area contributed by atoms with Crippen molar-refractivity contribution in [1.82, 2.24) is 4.90 Å². The zero-order valence-electron chi connectivity index (χ0n) is 17.3. The summed E-state index contributed by atoms with van der Waals surface area (Å²) in [5.41, 5.74) is 12.9. The Bertz CT molecular complexity index is 1080. The molecule has 2 aliphatic heterocycles. The molecule has 2 fully saturated rings. The summed E-state index contributed by atoms with van der Waals surface area (Å²) < 4.78 is 11.6. The second-order valence-electron chi connectivity index (χ2n) is 9.43. The van der Waals surface area contributed by atoms with Crippen LogP contribution in [0, 0.1) is 22.7 Å². The zero-order valence-corrected chi connectivity index (χ0v) is 17.3. The summed E-state index contributed by atoms with van der Waals surface area (Å²) in [4.78, 5) is 7.39. The van der Waals surface area contributed by atoms with Crippen LogP contribution in [0.4, 0.5) is 0 Å². The molecule has 6 heteroatoms. The maximum absolute atomic E-state index is 9.56. The van der Waals surface area contributed by atoms with Crippen LogP contribution in [-0.2, 0) is 21.4 Å². The Balaban J connectivity index is 1.55. The molecule has 30 heavy (non-hydrogen) atoms. The van der Waals surface area contributed by atoms with Crippen LogP contribution in [0.1, 0.15) is 36.5 Å². The molecule has 2 heterocycles. The van der Waals surface area contributed by atoms with Gasteiger partial charge in [-0.2, -0.15) is 5.26 Å². The second-order valence-corrected chi connectivity index (χ2v) is 9.43. The monoisotopic (exact) mass is 402 g/mol. The number of hydrogen-bond acceptors (Lipinski definition) is 6. The second kappa shape index (κ2) is 5.96. The predicted molar refractivity (Wildman–Crippen MR) is 112 cm³/mol. The number of fused-ring (bicyclic) bond motifs is 2. The van der Waals surface area contributed by atoms with Crippen LogP contribution < -0.4 is 5.73 Å². The average molecular weight is 402 g/mol. The molecule has 154 valence electrons. The van der Waals surface area contributed by atoms with Crippen LogP contribution in [0.15, 0.2) is 46.6 Å². The third-order valence-corrected chi connectivity index (χ3v) is 7.85. The minimum absolute atomic E-state index is 0.0298. The number of benzene rings is 1. The van der Waals surface area contributed by atoms with Crippen LogP contribution in [0.3, 0.4) is 0 Å². The Hall–Kier alpha value is -2.62. The lowest BCUT2D eigenvalue weighted by Crippen LogP contribution is -2.45. The first-order valence-corrected chi connectivity index (χ1v) is 10.8. The average Bonchev–Trinajstić information content (AvgIpc) is 3.26. The molecule has 5 aliphatic rings. The fourth-order valence-electron chi connectivity index (χ4n) is 6.66. The van der Waals surface area contributed by atoms with Crippen molar-refractivity contribution in [2.75, 3.05) is 26.4 Å². The van der Waals surface area contributed by atoms with Gasteiger partial charge in [0.05, 0.1) is 49.8 Å². The normalized spacial score (nSPS) is 36.3. The summed E-state index contributed by atoms with van der Waals surface area (Å²) in [5.74, 6) is 0.944. The van der Waals surface area contributed by atoms with Crippen molar-refractivity contribution in [3.8, 4) is 6.07 Å². The molecule has 2 N–H and O–H groups in total. The van der Waals surface area contributed by atoms with Gasteiger partial charge in [0.1, 0.15) is 5.54 Å². The molecule has 0 aromatic heterocycles. The number of nitriles is 1. The van der Waals surface area contributed by atoms with Crippen LogP contribution in [0.25, 0.3) is 0 Å². The molecule has 1 unspecified atom stereocenters. The summed E-state index contributed by atoms with van der Waals surface area (Å²) >= 11 is 0. The van der Waals surface area contributed by atoms with E-state index in [0.29, 0.717) is 43.8 Å². The molecule has 1 saturated carbocycles. The van der Waals surface area contributed by atoms with Gasteiger partial charge >= 0.3 is 0 Å². The van der Waals surface area contributed by atoms with Crippen LogP contribution in [0.2, 0.25) is 0 Å². The van der Waals surface area contributed by atoms with Gasteiger partial charge in [0.15, 0.2) is 5.96 Å². The third kappa shape index (κ3) is 2.07. The lowest BCUT2D eigenvalue weighted by atomic mass is 9.63. The van der Waals surface area contributed by atoms with E-state index in [1.807, 2.05) is 12.1 Å². The minimum Gasteiger partial charge on any atom is -0.376 e. The first-order chi connectivity index (χ1) is 14.5. The summed E-state index contributed by atoms with van der Waals surface area (Å²) in [5, 5.41) is 9.56. The fourth-order valence-corrected chi connectivity index (χ4v) is 6.66. The van der Waals surface area contributed by atoms with Gasteiger partial charge in [-0.1, -0.05) is 19.6 Å². The van der Waals surface area contributed by atoms with Crippen LogP contribution in [-0.4, -0.2) is 43.3 Å². The van der Waals surface area contributed by atoms with Crippen molar-refractivity contribution in [2.45, 2.75) is 37.8 Å². The fraction of sp³-hybridized carbons (Fsp3) is 0.500. The van der Waals surface area contributed by atoms with E-state index in [-0.39, 0.29) is 11.5 Å². The van der Waals surface area contributed by atoms with Gasteiger partial charge in [-0.15, -0.1) is 0 Å². The molecule has 0 radical (unpaired) electrons. The molecular weight excluding hydrogens is 376 g/mol. The number of nitrogens with two attached hydrogens (primary N) is 1. The predicted octanol–water partition coefficient (Wildman–Crippen LogP) is 2.60. The Kier molecular flexibility index (Phi) is 3.61. The highest BCUT2D eigenvalue weighted by Crippen LogP contribution is 2.72. The number of allylic oxidation sites excluding steroid dienone is 2. The quantitative estimate of drug-likeness (QED) is 0.822. The van der Waals surface area contributed by atoms with E-state index in [2.05, 4.69) is 30.5 Å². The molecule has 1 saturated heterocycles. The molecule has 2 spiro atoms. The molecule has 1 aromatic rings. The van der Waals surface area contributed by atoms with Crippen molar-refractivity contribution in [2.24, 2.45) is 22.1 Å². The van der Waals surface area contributed by atoms with Gasteiger partial charge in [0.2, 0.25) is 0 Å². The van der Waals surface area contributed by atoms with E-state index < -0.39 is 5.54 Å².